The zero-order chi connectivity index (χ0) is 23.6. The molecule has 9 heteroatoms. The topological polar surface area (TPSA) is 88.6 Å². The molecule has 0 bridgehead atoms. The van der Waals surface area contributed by atoms with E-state index in [2.05, 4.69) is 27.2 Å². The van der Waals surface area contributed by atoms with Crippen LogP contribution in [0.3, 0.4) is 0 Å². The highest BCUT2D eigenvalue weighted by atomic mass is 19.1. The Kier molecular flexibility index (Phi) is 8.31. The summed E-state index contributed by atoms with van der Waals surface area (Å²) in [5, 5.41) is 5.99. The molecule has 3 rings (SSSR count). The molecule has 1 amide bonds. The summed E-state index contributed by atoms with van der Waals surface area (Å²) in [5.74, 6) is 0.102. The van der Waals surface area contributed by atoms with E-state index in [0.29, 0.717) is 36.9 Å². The first-order chi connectivity index (χ1) is 16.0. The number of nitrogens with zero attached hydrogens (tertiary/aromatic N) is 3. The second-order valence-electron chi connectivity index (χ2n) is 6.84. The molecule has 0 saturated heterocycles. The highest BCUT2D eigenvalue weighted by Crippen LogP contribution is 2.25. The van der Waals surface area contributed by atoms with Gasteiger partial charge in [0.05, 0.1) is 12.8 Å². The second kappa shape index (κ2) is 11.6. The van der Waals surface area contributed by atoms with Crippen molar-refractivity contribution in [3.8, 4) is 5.75 Å². The van der Waals surface area contributed by atoms with Gasteiger partial charge in [-0.05, 0) is 55.5 Å². The fraction of sp³-hybridized carbons (Fsp3) is 0.208. The highest BCUT2D eigenvalue weighted by molar-refractivity contribution is 6.01. The van der Waals surface area contributed by atoms with Crippen molar-refractivity contribution >= 4 is 34.7 Å². The maximum absolute atomic E-state index is 14.4. The van der Waals surface area contributed by atoms with Crippen molar-refractivity contribution in [3.05, 3.63) is 73.2 Å². The molecule has 0 aliphatic heterocycles. The zero-order valence-corrected chi connectivity index (χ0v) is 18.5. The summed E-state index contributed by atoms with van der Waals surface area (Å²) >= 11 is 0. The van der Waals surface area contributed by atoms with Gasteiger partial charge in [-0.1, -0.05) is 12.6 Å². The normalized spacial score (nSPS) is 10.4. The Morgan fingerprint density at radius 1 is 1.18 bits per heavy atom. The molecule has 2 aromatic carbocycles. The molecule has 33 heavy (non-hydrogen) atoms. The lowest BCUT2D eigenvalue weighted by molar-refractivity contribution is -0.114. The molecular formula is C24H30FN5O3. The molecule has 2 N–H and O–H groups in total. The molecule has 1 heterocycles. The van der Waals surface area contributed by atoms with Crippen LogP contribution in [-0.2, 0) is 9.53 Å². The first-order valence-corrected chi connectivity index (χ1v) is 10.4. The number of hydrogen-bond donors (Lipinski definition) is 2. The van der Waals surface area contributed by atoms with Crippen molar-refractivity contribution in [2.75, 3.05) is 42.4 Å². The molecule has 3 aromatic rings. The molecule has 0 spiro atoms. The second-order valence-corrected chi connectivity index (χ2v) is 6.84. The van der Waals surface area contributed by atoms with E-state index in [0.717, 1.165) is 11.9 Å². The molecule has 1 aromatic heterocycles. The van der Waals surface area contributed by atoms with Gasteiger partial charge in [-0.3, -0.25) is 4.79 Å². The van der Waals surface area contributed by atoms with Crippen molar-refractivity contribution in [3.63, 3.8) is 0 Å². The van der Waals surface area contributed by atoms with E-state index >= 15 is 0 Å². The Labute approximate surface area is 195 Å². The third kappa shape index (κ3) is 6.50. The summed E-state index contributed by atoms with van der Waals surface area (Å²) in [6.45, 7) is 6.83. The van der Waals surface area contributed by atoms with Crippen LogP contribution >= 0.6 is 0 Å². The van der Waals surface area contributed by atoms with Crippen LogP contribution in [-0.4, -0.2) is 42.7 Å². The molecule has 0 aliphatic rings. The average molecular weight is 456 g/mol. The predicted molar refractivity (Wildman–Crippen MR) is 131 cm³/mol. The van der Waals surface area contributed by atoms with Gasteiger partial charge in [0, 0.05) is 33.6 Å². The summed E-state index contributed by atoms with van der Waals surface area (Å²) < 4.78 is 24.9. The first-order valence-electron chi connectivity index (χ1n) is 10.4. The third-order valence-corrected chi connectivity index (χ3v) is 4.59. The Morgan fingerprint density at radius 2 is 1.97 bits per heavy atom. The van der Waals surface area contributed by atoms with Gasteiger partial charge in [0.15, 0.2) is 11.6 Å². The average Bonchev–Trinajstić information content (AvgIpc) is 2.83. The van der Waals surface area contributed by atoms with Crippen LogP contribution in [0.4, 0.5) is 33.2 Å². The van der Waals surface area contributed by atoms with Gasteiger partial charge in [0.25, 0.3) is 0 Å². The van der Waals surface area contributed by atoms with Gasteiger partial charge in [-0.2, -0.15) is 4.98 Å². The number of aromatic nitrogens is 2. The fourth-order valence-electron chi connectivity index (χ4n) is 2.99. The number of anilines is 5. The molecule has 0 unspecified atom stereocenters. The molecule has 8 nitrogen and oxygen atoms in total. The number of carbonyl (C=O) groups is 1. The molecule has 176 valence electrons. The summed E-state index contributed by atoms with van der Waals surface area (Å²) in [5.41, 5.74) is 1.95. The van der Waals surface area contributed by atoms with Gasteiger partial charge >= 0.3 is 0 Å². The third-order valence-electron chi connectivity index (χ3n) is 4.59. The van der Waals surface area contributed by atoms with Crippen molar-refractivity contribution in [1.29, 1.82) is 0 Å². The van der Waals surface area contributed by atoms with Gasteiger partial charge in [0.2, 0.25) is 11.9 Å². The SMILES string of the molecule is C=CC(=O)N(CC)c1cccc(Nc2nc(Nc3ccc(OCCOC)cc3)ncc2F)c1.[HH].[HH]. The molecular weight excluding hydrogens is 425 g/mol. The zero-order valence-electron chi connectivity index (χ0n) is 18.5. The first kappa shape index (κ1) is 23.7. The molecule has 0 atom stereocenters. The van der Waals surface area contributed by atoms with E-state index in [9.17, 15) is 9.18 Å². The van der Waals surface area contributed by atoms with E-state index in [1.165, 1.54) is 6.08 Å². The Morgan fingerprint density at radius 3 is 2.67 bits per heavy atom. The summed E-state index contributed by atoms with van der Waals surface area (Å²) in [6.07, 6.45) is 2.34. The lowest BCUT2D eigenvalue weighted by Crippen LogP contribution is -2.28. The maximum Gasteiger partial charge on any atom is 0.250 e. The lowest BCUT2D eigenvalue weighted by atomic mass is 10.2. The Balaban J connectivity index is 0.00000306. The Hall–Kier alpha value is -3.98. The standard InChI is InChI=1S/C24H26FN5O3.2H2/c1-4-22(31)30(5-2)19-8-6-7-18(15-19)27-23-21(25)16-26-24(29-23)28-17-9-11-20(12-10-17)33-14-13-32-3;;/h4,6-12,15-16H,1,5,13-14H2,2-3H3,(H2,26,27,28,29);2*1H. The van der Waals surface area contributed by atoms with E-state index < -0.39 is 5.82 Å². The summed E-state index contributed by atoms with van der Waals surface area (Å²) in [6, 6.07) is 14.3. The lowest BCUT2D eigenvalue weighted by Gasteiger charge is -2.20. The van der Waals surface area contributed by atoms with Crippen molar-refractivity contribution in [2.45, 2.75) is 6.92 Å². The van der Waals surface area contributed by atoms with Crippen LogP contribution in [0.5, 0.6) is 5.75 Å². The Bertz CT molecular complexity index is 1100. The number of amides is 1. The highest BCUT2D eigenvalue weighted by Gasteiger charge is 2.12. The quantitative estimate of drug-likeness (QED) is 0.305. The van der Waals surface area contributed by atoms with Crippen LogP contribution in [0.25, 0.3) is 0 Å². The summed E-state index contributed by atoms with van der Waals surface area (Å²) in [7, 11) is 1.61. The van der Waals surface area contributed by atoms with Gasteiger partial charge in [-0.25, -0.2) is 9.37 Å². The monoisotopic (exact) mass is 455 g/mol. The maximum atomic E-state index is 14.4. The smallest absolute Gasteiger partial charge is 0.250 e. The van der Waals surface area contributed by atoms with Crippen molar-refractivity contribution in [2.24, 2.45) is 0 Å². The molecule has 0 aliphatic carbocycles. The minimum atomic E-state index is -0.609. The van der Waals surface area contributed by atoms with Crippen LogP contribution in [0.2, 0.25) is 0 Å². The minimum Gasteiger partial charge on any atom is -0.491 e. The van der Waals surface area contributed by atoms with Gasteiger partial charge in [0.1, 0.15) is 12.4 Å². The summed E-state index contributed by atoms with van der Waals surface area (Å²) in [4.78, 5) is 21.9. The number of ether oxygens (including phenoxy) is 2. The fourth-order valence-corrected chi connectivity index (χ4v) is 2.99. The van der Waals surface area contributed by atoms with E-state index in [1.54, 1.807) is 60.5 Å². The number of likely N-dealkylation sites (N-methyl/N-ethyl adjacent to an activating group) is 1. The van der Waals surface area contributed by atoms with Crippen LogP contribution in [0.1, 0.15) is 9.78 Å². The number of halogens is 1. The number of benzene rings is 2. The number of nitrogens with one attached hydrogen (secondary N) is 2. The largest absolute Gasteiger partial charge is 0.491 e. The molecule has 0 fully saturated rings. The van der Waals surface area contributed by atoms with Crippen molar-refractivity contribution in [1.82, 2.24) is 9.97 Å². The number of hydrogen-bond acceptors (Lipinski definition) is 7. The molecule has 0 saturated carbocycles. The van der Waals surface area contributed by atoms with Crippen molar-refractivity contribution < 1.29 is 21.5 Å². The molecule has 0 radical (unpaired) electrons. The predicted octanol–water partition coefficient (Wildman–Crippen LogP) is 5.16. The minimum absolute atomic E-state index is 0. The van der Waals surface area contributed by atoms with Crippen LogP contribution in [0, 0.1) is 5.82 Å². The number of carbonyl (C=O) groups excluding carboxylic acids is 1. The number of rotatable bonds is 11. The van der Waals surface area contributed by atoms with E-state index in [-0.39, 0.29) is 20.5 Å². The van der Waals surface area contributed by atoms with E-state index in [4.69, 9.17) is 9.47 Å². The van der Waals surface area contributed by atoms with E-state index in [1.807, 2.05) is 6.92 Å². The van der Waals surface area contributed by atoms with Crippen LogP contribution in [0.15, 0.2) is 67.4 Å². The van der Waals surface area contributed by atoms with Gasteiger partial charge in [-0.15, -0.1) is 0 Å². The van der Waals surface area contributed by atoms with Crippen LogP contribution < -0.4 is 20.3 Å². The number of methoxy groups -OCH3 is 1. The van der Waals surface area contributed by atoms with Gasteiger partial charge < -0.3 is 25.0 Å².